The standard InChI is InChI=1S/C15H13ClFNO/c16-11-6-3-7-12(17)13(11)15(19)14-10-5-2-1-4-9(10)8-18-14/h1-7,14-15,18-19H,8H2. The fourth-order valence-electron chi connectivity index (χ4n) is 2.57. The predicted octanol–water partition coefficient (Wildman–Crippen LogP) is 3.36. The van der Waals surface area contributed by atoms with Crippen molar-refractivity contribution < 1.29 is 9.50 Å². The molecular weight excluding hydrogens is 265 g/mol. The van der Waals surface area contributed by atoms with Crippen LogP contribution in [-0.2, 0) is 6.54 Å². The van der Waals surface area contributed by atoms with Crippen LogP contribution in [0.1, 0.15) is 28.8 Å². The molecule has 2 aromatic rings. The third kappa shape index (κ3) is 2.14. The molecule has 2 unspecified atom stereocenters. The third-order valence-electron chi connectivity index (χ3n) is 3.51. The summed E-state index contributed by atoms with van der Waals surface area (Å²) in [5, 5.41) is 13.9. The fraction of sp³-hybridized carbons (Fsp3) is 0.200. The summed E-state index contributed by atoms with van der Waals surface area (Å²) in [7, 11) is 0. The second-order valence-corrected chi connectivity index (χ2v) is 5.04. The van der Waals surface area contributed by atoms with Crippen LogP contribution in [0.25, 0.3) is 0 Å². The van der Waals surface area contributed by atoms with Gasteiger partial charge in [-0.2, -0.15) is 0 Å². The van der Waals surface area contributed by atoms with Gasteiger partial charge in [0.05, 0.1) is 6.04 Å². The van der Waals surface area contributed by atoms with E-state index in [2.05, 4.69) is 5.32 Å². The third-order valence-corrected chi connectivity index (χ3v) is 3.84. The summed E-state index contributed by atoms with van der Waals surface area (Å²) in [6.07, 6.45) is -1.00. The highest BCUT2D eigenvalue weighted by atomic mass is 35.5. The zero-order chi connectivity index (χ0) is 13.4. The van der Waals surface area contributed by atoms with Gasteiger partial charge in [-0.3, -0.25) is 0 Å². The summed E-state index contributed by atoms with van der Waals surface area (Å²) in [6, 6.07) is 11.9. The van der Waals surface area contributed by atoms with E-state index in [0.717, 1.165) is 11.1 Å². The number of hydrogen-bond acceptors (Lipinski definition) is 2. The number of nitrogens with one attached hydrogen (secondary N) is 1. The molecule has 4 heteroatoms. The van der Waals surface area contributed by atoms with Gasteiger partial charge >= 0.3 is 0 Å². The summed E-state index contributed by atoms with van der Waals surface area (Å²) < 4.78 is 13.9. The van der Waals surface area contributed by atoms with Crippen LogP contribution < -0.4 is 5.32 Å². The first-order valence-corrected chi connectivity index (χ1v) is 6.49. The zero-order valence-corrected chi connectivity index (χ0v) is 10.9. The predicted molar refractivity (Wildman–Crippen MR) is 72.4 cm³/mol. The zero-order valence-electron chi connectivity index (χ0n) is 10.1. The second kappa shape index (κ2) is 4.93. The Kier molecular flexibility index (Phi) is 3.27. The average molecular weight is 278 g/mol. The molecule has 1 heterocycles. The molecule has 1 aliphatic rings. The first-order valence-electron chi connectivity index (χ1n) is 6.11. The average Bonchev–Trinajstić information content (AvgIpc) is 2.82. The van der Waals surface area contributed by atoms with Gasteiger partial charge in [0.25, 0.3) is 0 Å². The molecule has 3 rings (SSSR count). The molecule has 2 atom stereocenters. The minimum Gasteiger partial charge on any atom is -0.386 e. The monoisotopic (exact) mass is 277 g/mol. The Balaban J connectivity index is 2.00. The molecule has 0 bridgehead atoms. The normalized spacial score (nSPS) is 19.2. The van der Waals surface area contributed by atoms with Gasteiger partial charge in [0.1, 0.15) is 11.9 Å². The molecule has 19 heavy (non-hydrogen) atoms. The first-order chi connectivity index (χ1) is 9.18. The van der Waals surface area contributed by atoms with Crippen LogP contribution in [0.2, 0.25) is 5.02 Å². The topological polar surface area (TPSA) is 32.3 Å². The number of rotatable bonds is 2. The fourth-order valence-corrected chi connectivity index (χ4v) is 2.84. The maximum absolute atomic E-state index is 13.9. The smallest absolute Gasteiger partial charge is 0.130 e. The van der Waals surface area contributed by atoms with E-state index in [1.807, 2.05) is 24.3 Å². The Morgan fingerprint density at radius 1 is 1.21 bits per heavy atom. The van der Waals surface area contributed by atoms with Crippen LogP contribution in [0, 0.1) is 5.82 Å². The van der Waals surface area contributed by atoms with Gasteiger partial charge in [0, 0.05) is 17.1 Å². The molecule has 2 N–H and O–H groups in total. The van der Waals surface area contributed by atoms with E-state index < -0.39 is 11.9 Å². The van der Waals surface area contributed by atoms with Crippen LogP contribution in [0.4, 0.5) is 4.39 Å². The van der Waals surface area contributed by atoms with E-state index in [-0.39, 0.29) is 16.6 Å². The van der Waals surface area contributed by atoms with Gasteiger partial charge in [-0.25, -0.2) is 4.39 Å². The summed E-state index contributed by atoms with van der Waals surface area (Å²) in [5.74, 6) is -0.480. The van der Waals surface area contributed by atoms with E-state index >= 15 is 0 Å². The number of aliphatic hydroxyl groups excluding tert-OH is 1. The number of halogens is 2. The highest BCUT2D eigenvalue weighted by Crippen LogP contribution is 2.38. The van der Waals surface area contributed by atoms with Crippen LogP contribution in [0.3, 0.4) is 0 Å². The van der Waals surface area contributed by atoms with E-state index in [9.17, 15) is 9.50 Å². The Bertz CT molecular complexity index is 597. The first kappa shape index (κ1) is 12.6. The Hall–Kier alpha value is -1.42. The molecule has 98 valence electrons. The van der Waals surface area contributed by atoms with Crippen molar-refractivity contribution in [2.75, 3.05) is 0 Å². The SMILES string of the molecule is OC(c1c(F)cccc1Cl)C1NCc2ccccc21. The lowest BCUT2D eigenvalue weighted by atomic mass is 9.95. The molecule has 0 fully saturated rings. The number of aliphatic hydroxyl groups is 1. The van der Waals surface area contributed by atoms with Gasteiger partial charge in [-0.05, 0) is 23.3 Å². The molecule has 0 spiro atoms. The lowest BCUT2D eigenvalue weighted by molar-refractivity contribution is 0.129. The molecule has 0 saturated carbocycles. The van der Waals surface area contributed by atoms with Crippen molar-refractivity contribution in [2.45, 2.75) is 18.7 Å². The quantitative estimate of drug-likeness (QED) is 0.882. The summed E-state index contributed by atoms with van der Waals surface area (Å²) in [6.45, 7) is 0.671. The number of hydrogen-bond donors (Lipinski definition) is 2. The van der Waals surface area contributed by atoms with Crippen molar-refractivity contribution >= 4 is 11.6 Å². The van der Waals surface area contributed by atoms with Gasteiger partial charge in [0.15, 0.2) is 0 Å². The summed E-state index contributed by atoms with van der Waals surface area (Å²) in [5.41, 5.74) is 2.27. The van der Waals surface area contributed by atoms with E-state index in [4.69, 9.17) is 11.6 Å². The lowest BCUT2D eigenvalue weighted by Gasteiger charge is -2.21. The number of benzene rings is 2. The number of fused-ring (bicyclic) bond motifs is 1. The molecular formula is C15H13ClFNO. The van der Waals surface area contributed by atoms with E-state index in [1.165, 1.54) is 12.1 Å². The molecule has 2 nitrogen and oxygen atoms in total. The minimum absolute atomic E-state index is 0.151. The Morgan fingerprint density at radius 2 is 2.00 bits per heavy atom. The molecule has 0 aliphatic carbocycles. The van der Waals surface area contributed by atoms with Crippen molar-refractivity contribution in [2.24, 2.45) is 0 Å². The van der Waals surface area contributed by atoms with E-state index in [0.29, 0.717) is 6.54 Å². The van der Waals surface area contributed by atoms with Crippen LogP contribution in [0.15, 0.2) is 42.5 Å². The van der Waals surface area contributed by atoms with Crippen LogP contribution in [0.5, 0.6) is 0 Å². The van der Waals surface area contributed by atoms with Gasteiger partial charge in [0.2, 0.25) is 0 Å². The van der Waals surface area contributed by atoms with Gasteiger partial charge < -0.3 is 10.4 Å². The molecule has 0 radical (unpaired) electrons. The highest BCUT2D eigenvalue weighted by Gasteiger charge is 2.31. The van der Waals surface area contributed by atoms with Crippen molar-refractivity contribution in [3.05, 3.63) is 70.0 Å². The van der Waals surface area contributed by atoms with Gasteiger partial charge in [-0.15, -0.1) is 0 Å². The summed E-state index contributed by atoms with van der Waals surface area (Å²) >= 11 is 6.00. The highest BCUT2D eigenvalue weighted by molar-refractivity contribution is 6.31. The van der Waals surface area contributed by atoms with Gasteiger partial charge in [-0.1, -0.05) is 41.9 Å². The van der Waals surface area contributed by atoms with E-state index in [1.54, 1.807) is 6.07 Å². The van der Waals surface area contributed by atoms with Crippen LogP contribution >= 0.6 is 11.6 Å². The lowest BCUT2D eigenvalue weighted by Crippen LogP contribution is -2.21. The maximum Gasteiger partial charge on any atom is 0.130 e. The largest absolute Gasteiger partial charge is 0.386 e. The Morgan fingerprint density at radius 3 is 2.79 bits per heavy atom. The van der Waals surface area contributed by atoms with Crippen molar-refractivity contribution in [3.63, 3.8) is 0 Å². The molecule has 0 aromatic heterocycles. The summed E-state index contributed by atoms with van der Waals surface area (Å²) in [4.78, 5) is 0. The maximum atomic E-state index is 13.9. The van der Waals surface area contributed by atoms with Crippen molar-refractivity contribution in [1.29, 1.82) is 0 Å². The van der Waals surface area contributed by atoms with Crippen molar-refractivity contribution in [3.8, 4) is 0 Å². The molecule has 2 aromatic carbocycles. The molecule has 0 saturated heterocycles. The van der Waals surface area contributed by atoms with Crippen LogP contribution in [-0.4, -0.2) is 5.11 Å². The minimum atomic E-state index is -1.00. The molecule has 0 amide bonds. The second-order valence-electron chi connectivity index (χ2n) is 4.64. The molecule has 1 aliphatic heterocycles. The van der Waals surface area contributed by atoms with Crippen molar-refractivity contribution in [1.82, 2.24) is 5.32 Å². The Labute approximate surface area is 115 Å².